The Morgan fingerprint density at radius 1 is 1.06 bits per heavy atom. The topological polar surface area (TPSA) is 78.9 Å². The van der Waals surface area contributed by atoms with E-state index in [1.165, 1.54) is 50.5 Å². The fourth-order valence-electron chi connectivity index (χ4n) is 6.06. The number of carbonyl (C=O) groups is 3. The molecule has 2 aliphatic carbocycles. The number of rotatable bonds is 6. The van der Waals surface area contributed by atoms with Gasteiger partial charge in [-0.25, -0.2) is 4.79 Å². The lowest BCUT2D eigenvalue weighted by molar-refractivity contribution is -0.143. The van der Waals surface area contributed by atoms with Crippen LogP contribution in [-0.4, -0.2) is 24.5 Å². The zero-order valence-electron chi connectivity index (χ0n) is 20.9. The zero-order valence-corrected chi connectivity index (χ0v) is 20.9. The van der Waals surface area contributed by atoms with Crippen molar-refractivity contribution in [1.82, 2.24) is 0 Å². The molecule has 2 saturated carbocycles. The summed E-state index contributed by atoms with van der Waals surface area (Å²) in [5.41, 5.74) is 2.16. The largest absolute Gasteiger partial charge is 0.462 e. The summed E-state index contributed by atoms with van der Waals surface area (Å²) in [5.74, 6) is -0.518. The first kappa shape index (κ1) is 25.7. The fraction of sp³-hybridized carbons (Fsp3) is 0.536. The van der Waals surface area contributed by atoms with Crippen LogP contribution in [0.3, 0.4) is 0 Å². The molecule has 1 aromatic rings. The van der Waals surface area contributed by atoms with E-state index >= 15 is 0 Å². The Morgan fingerprint density at radius 2 is 1.74 bits per heavy atom. The molecule has 6 nitrogen and oxygen atoms in total. The first-order valence-corrected chi connectivity index (χ1v) is 12.0. The van der Waals surface area contributed by atoms with E-state index in [0.717, 1.165) is 19.3 Å². The molecular formula is C28H36O6. The quantitative estimate of drug-likeness (QED) is 0.224. The minimum atomic E-state index is -0.542. The van der Waals surface area contributed by atoms with Crippen LogP contribution in [0.4, 0.5) is 0 Å². The van der Waals surface area contributed by atoms with E-state index in [1.807, 2.05) is 0 Å². The van der Waals surface area contributed by atoms with E-state index in [-0.39, 0.29) is 28.2 Å². The van der Waals surface area contributed by atoms with Crippen LogP contribution in [0, 0.1) is 22.7 Å². The van der Waals surface area contributed by atoms with Crippen LogP contribution in [-0.2, 0) is 19.1 Å². The standard InChI is InChI=1S/C28H36O6/c1-18-8-12-25-27(4,5)14-7-15-28(25,6)22(18)17-32-26(31)13-10-21-9-11-23(33-19(2)29)24(16-21)34-20(3)30/h9-11,13,16,22,25H,1,7-8,12,14-15,17H2,2-6H3/b13-10+/t22-,25?,28+/m0/s1. The molecule has 3 rings (SSSR count). The molecule has 0 amide bonds. The monoisotopic (exact) mass is 468 g/mol. The summed E-state index contributed by atoms with van der Waals surface area (Å²) >= 11 is 0. The normalized spacial score (nSPS) is 26.0. The maximum Gasteiger partial charge on any atom is 0.330 e. The van der Waals surface area contributed by atoms with Gasteiger partial charge in [0.25, 0.3) is 0 Å². The van der Waals surface area contributed by atoms with E-state index in [9.17, 15) is 14.4 Å². The fourth-order valence-corrected chi connectivity index (χ4v) is 6.06. The van der Waals surface area contributed by atoms with Crippen molar-refractivity contribution in [2.75, 3.05) is 6.61 Å². The number of ether oxygens (including phenoxy) is 3. The predicted octanol–water partition coefficient (Wildman–Crippen LogP) is 5.89. The van der Waals surface area contributed by atoms with Gasteiger partial charge in [-0.2, -0.15) is 0 Å². The van der Waals surface area contributed by atoms with Gasteiger partial charge in [0.05, 0.1) is 6.61 Å². The molecule has 0 saturated heterocycles. The van der Waals surface area contributed by atoms with Crippen molar-refractivity contribution in [3.05, 3.63) is 42.0 Å². The van der Waals surface area contributed by atoms with Gasteiger partial charge >= 0.3 is 17.9 Å². The molecule has 0 radical (unpaired) electrons. The average molecular weight is 469 g/mol. The van der Waals surface area contributed by atoms with Crippen molar-refractivity contribution in [1.29, 1.82) is 0 Å². The van der Waals surface area contributed by atoms with Crippen molar-refractivity contribution >= 4 is 24.0 Å². The molecule has 0 spiro atoms. The zero-order chi connectivity index (χ0) is 25.1. The Balaban J connectivity index is 1.68. The number of hydrogen-bond acceptors (Lipinski definition) is 6. The third kappa shape index (κ3) is 5.78. The summed E-state index contributed by atoms with van der Waals surface area (Å²) in [6.07, 6.45) is 8.62. The first-order valence-electron chi connectivity index (χ1n) is 12.0. The Bertz CT molecular complexity index is 1000. The third-order valence-electron chi connectivity index (χ3n) is 7.60. The molecule has 6 heteroatoms. The molecule has 0 bridgehead atoms. The highest BCUT2D eigenvalue weighted by Gasteiger charge is 2.53. The summed E-state index contributed by atoms with van der Waals surface area (Å²) in [6, 6.07) is 4.71. The number of carbonyl (C=O) groups excluding carboxylic acids is 3. The van der Waals surface area contributed by atoms with Crippen LogP contribution in [0.2, 0.25) is 0 Å². The van der Waals surface area contributed by atoms with Crippen molar-refractivity contribution in [2.24, 2.45) is 22.7 Å². The van der Waals surface area contributed by atoms with Gasteiger partial charge in [-0.05, 0) is 66.2 Å². The molecule has 1 unspecified atom stereocenters. The second kappa shape index (κ2) is 10.2. The van der Waals surface area contributed by atoms with Gasteiger partial charge in [0.15, 0.2) is 11.5 Å². The van der Waals surface area contributed by atoms with Crippen molar-refractivity contribution in [3.8, 4) is 11.5 Å². The average Bonchev–Trinajstić information content (AvgIpc) is 2.72. The second-order valence-electron chi connectivity index (χ2n) is 10.5. The van der Waals surface area contributed by atoms with Gasteiger partial charge in [-0.15, -0.1) is 0 Å². The molecule has 2 aliphatic rings. The molecule has 34 heavy (non-hydrogen) atoms. The molecule has 0 aromatic heterocycles. The summed E-state index contributed by atoms with van der Waals surface area (Å²) in [6.45, 7) is 14.3. The Labute approximate surface area is 202 Å². The van der Waals surface area contributed by atoms with Gasteiger partial charge < -0.3 is 14.2 Å². The molecule has 1 aromatic carbocycles. The smallest absolute Gasteiger partial charge is 0.330 e. The van der Waals surface area contributed by atoms with Crippen molar-refractivity contribution in [2.45, 2.75) is 66.7 Å². The maximum absolute atomic E-state index is 12.5. The number of benzene rings is 1. The van der Waals surface area contributed by atoms with Gasteiger partial charge in [-0.3, -0.25) is 9.59 Å². The highest BCUT2D eigenvalue weighted by atomic mass is 16.6. The molecule has 0 heterocycles. The predicted molar refractivity (Wildman–Crippen MR) is 130 cm³/mol. The van der Waals surface area contributed by atoms with Crippen LogP contribution in [0.5, 0.6) is 11.5 Å². The lowest BCUT2D eigenvalue weighted by atomic mass is 9.48. The Kier molecular flexibility index (Phi) is 7.69. The lowest BCUT2D eigenvalue weighted by Gasteiger charge is -2.57. The van der Waals surface area contributed by atoms with Crippen LogP contribution >= 0.6 is 0 Å². The Hall–Kier alpha value is -2.89. The van der Waals surface area contributed by atoms with E-state index < -0.39 is 17.9 Å². The van der Waals surface area contributed by atoms with Gasteiger partial charge in [0.1, 0.15) is 0 Å². The minimum Gasteiger partial charge on any atom is -0.462 e. The van der Waals surface area contributed by atoms with Crippen LogP contribution in [0.1, 0.15) is 72.3 Å². The third-order valence-corrected chi connectivity index (χ3v) is 7.60. The van der Waals surface area contributed by atoms with Crippen molar-refractivity contribution in [3.63, 3.8) is 0 Å². The number of hydrogen-bond donors (Lipinski definition) is 0. The molecule has 0 N–H and O–H groups in total. The first-order chi connectivity index (χ1) is 15.9. The van der Waals surface area contributed by atoms with E-state index in [4.69, 9.17) is 14.2 Å². The lowest BCUT2D eigenvalue weighted by Crippen LogP contribution is -2.50. The van der Waals surface area contributed by atoms with Crippen LogP contribution in [0.15, 0.2) is 36.4 Å². The second-order valence-corrected chi connectivity index (χ2v) is 10.5. The molecule has 2 fully saturated rings. The molecule has 0 aliphatic heterocycles. The van der Waals surface area contributed by atoms with E-state index in [2.05, 4.69) is 27.4 Å². The Morgan fingerprint density at radius 3 is 2.41 bits per heavy atom. The summed E-state index contributed by atoms with van der Waals surface area (Å²) < 4.78 is 15.9. The minimum absolute atomic E-state index is 0.0898. The summed E-state index contributed by atoms with van der Waals surface area (Å²) in [4.78, 5) is 35.2. The van der Waals surface area contributed by atoms with E-state index in [0.29, 0.717) is 18.1 Å². The maximum atomic E-state index is 12.5. The summed E-state index contributed by atoms with van der Waals surface area (Å²) in [5, 5.41) is 0. The van der Waals surface area contributed by atoms with Crippen LogP contribution in [0.25, 0.3) is 6.08 Å². The molecule has 3 atom stereocenters. The summed E-state index contributed by atoms with van der Waals surface area (Å²) in [7, 11) is 0. The molecule has 184 valence electrons. The highest BCUT2D eigenvalue weighted by molar-refractivity contribution is 5.87. The molecular weight excluding hydrogens is 432 g/mol. The number of esters is 3. The van der Waals surface area contributed by atoms with Gasteiger partial charge in [-0.1, -0.05) is 45.4 Å². The SMILES string of the molecule is C=C1CCC2C(C)(C)CCC[C@]2(C)[C@H]1COC(=O)/C=C/c1ccc(OC(C)=O)c(OC(C)=O)c1. The van der Waals surface area contributed by atoms with Gasteiger partial charge in [0, 0.05) is 25.8 Å². The van der Waals surface area contributed by atoms with E-state index in [1.54, 1.807) is 12.1 Å². The van der Waals surface area contributed by atoms with Crippen LogP contribution < -0.4 is 9.47 Å². The van der Waals surface area contributed by atoms with Crippen molar-refractivity contribution < 1.29 is 28.6 Å². The highest BCUT2D eigenvalue weighted by Crippen LogP contribution is 2.60. The van der Waals surface area contributed by atoms with Gasteiger partial charge in [0.2, 0.25) is 0 Å². The number of fused-ring (bicyclic) bond motifs is 1.